The molecule has 1 aliphatic heterocycles. The molecule has 0 spiro atoms. The van der Waals surface area contributed by atoms with Gasteiger partial charge in [0.1, 0.15) is 0 Å². The first-order valence-electron chi connectivity index (χ1n) is 3.65. The standard InChI is InChI=1S/C8H10N2S/c1-5-3-11-8-7(5)6(2)9-4-10-8/h3-4,6H,1-2H3,(H,9,10). The van der Waals surface area contributed by atoms with Crippen LogP contribution in [0.15, 0.2) is 10.4 Å². The Morgan fingerprint density at radius 3 is 3.18 bits per heavy atom. The highest BCUT2D eigenvalue weighted by Gasteiger charge is 2.16. The summed E-state index contributed by atoms with van der Waals surface area (Å²) in [5, 5.41) is 6.56. The van der Waals surface area contributed by atoms with E-state index in [2.05, 4.69) is 29.5 Å². The van der Waals surface area contributed by atoms with Crippen LogP contribution in [0.1, 0.15) is 24.1 Å². The normalized spacial score (nSPS) is 21.1. The Hall–Kier alpha value is -0.830. The minimum absolute atomic E-state index is 0.331. The van der Waals surface area contributed by atoms with E-state index in [9.17, 15) is 0 Å². The number of hydrogen-bond donors (Lipinski definition) is 1. The van der Waals surface area contributed by atoms with E-state index in [1.54, 1.807) is 17.7 Å². The van der Waals surface area contributed by atoms with Crippen LogP contribution >= 0.6 is 11.3 Å². The van der Waals surface area contributed by atoms with Gasteiger partial charge in [-0.3, -0.25) is 4.99 Å². The molecular formula is C8H10N2S. The van der Waals surface area contributed by atoms with E-state index in [0.29, 0.717) is 6.04 Å². The molecule has 0 saturated carbocycles. The second-order valence-electron chi connectivity index (χ2n) is 2.76. The summed E-state index contributed by atoms with van der Waals surface area (Å²) >= 11 is 1.75. The third-order valence-corrected chi connectivity index (χ3v) is 2.98. The Labute approximate surface area is 70.0 Å². The smallest absolute Gasteiger partial charge is 0.0990 e. The summed E-state index contributed by atoms with van der Waals surface area (Å²) in [5.41, 5.74) is 2.71. The summed E-state index contributed by atoms with van der Waals surface area (Å²) in [6.07, 6.45) is 1.78. The molecule has 0 bridgehead atoms. The van der Waals surface area contributed by atoms with Crippen molar-refractivity contribution in [2.24, 2.45) is 4.99 Å². The van der Waals surface area contributed by atoms with Crippen LogP contribution in [0.3, 0.4) is 0 Å². The first-order chi connectivity index (χ1) is 5.29. The van der Waals surface area contributed by atoms with Gasteiger partial charge >= 0.3 is 0 Å². The molecule has 11 heavy (non-hydrogen) atoms. The summed E-state index contributed by atoms with van der Waals surface area (Å²) in [5.74, 6) is 0. The molecule has 2 nitrogen and oxygen atoms in total. The van der Waals surface area contributed by atoms with E-state index in [4.69, 9.17) is 0 Å². The topological polar surface area (TPSA) is 24.4 Å². The maximum absolute atomic E-state index is 4.27. The van der Waals surface area contributed by atoms with Crippen LogP contribution in [0.5, 0.6) is 0 Å². The van der Waals surface area contributed by atoms with Gasteiger partial charge in [0.05, 0.1) is 17.4 Å². The monoisotopic (exact) mass is 166 g/mol. The molecule has 0 saturated heterocycles. The summed E-state index contributed by atoms with van der Waals surface area (Å²) in [6.45, 7) is 4.25. The van der Waals surface area contributed by atoms with Crippen molar-refractivity contribution in [2.75, 3.05) is 5.32 Å². The molecule has 1 unspecified atom stereocenters. The summed E-state index contributed by atoms with van der Waals surface area (Å²) < 4.78 is 0. The van der Waals surface area contributed by atoms with Crippen molar-refractivity contribution in [3.63, 3.8) is 0 Å². The molecule has 1 N–H and O–H groups in total. The molecule has 0 aromatic carbocycles. The number of thiophene rings is 1. The van der Waals surface area contributed by atoms with Gasteiger partial charge < -0.3 is 5.32 Å². The van der Waals surface area contributed by atoms with Gasteiger partial charge in [-0.2, -0.15) is 0 Å². The average Bonchev–Trinajstić information content (AvgIpc) is 2.34. The highest BCUT2D eigenvalue weighted by molar-refractivity contribution is 7.14. The summed E-state index contributed by atoms with van der Waals surface area (Å²) in [4.78, 5) is 4.27. The Morgan fingerprint density at radius 2 is 2.45 bits per heavy atom. The van der Waals surface area contributed by atoms with Gasteiger partial charge in [0.15, 0.2) is 0 Å². The zero-order valence-electron chi connectivity index (χ0n) is 6.59. The first kappa shape index (κ1) is 6.85. The molecule has 2 heterocycles. The van der Waals surface area contributed by atoms with Gasteiger partial charge in [0.25, 0.3) is 0 Å². The number of nitrogens with one attached hydrogen (secondary N) is 1. The van der Waals surface area contributed by atoms with Gasteiger partial charge in [-0.1, -0.05) is 0 Å². The predicted molar refractivity (Wildman–Crippen MR) is 49.6 cm³/mol. The molecule has 0 fully saturated rings. The fourth-order valence-electron chi connectivity index (χ4n) is 1.37. The second kappa shape index (κ2) is 2.34. The molecule has 0 aliphatic carbocycles. The van der Waals surface area contributed by atoms with Crippen LogP contribution in [0.25, 0.3) is 0 Å². The Bertz CT molecular complexity index is 301. The lowest BCUT2D eigenvalue weighted by molar-refractivity contribution is 0.816. The molecule has 1 aliphatic rings. The van der Waals surface area contributed by atoms with E-state index in [1.807, 2.05) is 0 Å². The van der Waals surface area contributed by atoms with Crippen molar-refractivity contribution in [3.05, 3.63) is 16.5 Å². The number of aryl methyl sites for hydroxylation is 1. The lowest BCUT2D eigenvalue weighted by atomic mass is 10.1. The third-order valence-electron chi connectivity index (χ3n) is 1.93. The van der Waals surface area contributed by atoms with Crippen LogP contribution < -0.4 is 5.32 Å². The summed E-state index contributed by atoms with van der Waals surface area (Å²) in [6, 6.07) is 0.331. The van der Waals surface area contributed by atoms with Crippen LogP contribution in [-0.4, -0.2) is 6.34 Å². The Morgan fingerprint density at radius 1 is 1.64 bits per heavy atom. The number of hydrogen-bond acceptors (Lipinski definition) is 3. The molecule has 3 heteroatoms. The van der Waals surface area contributed by atoms with E-state index in [1.165, 1.54) is 16.1 Å². The van der Waals surface area contributed by atoms with Crippen molar-refractivity contribution in [3.8, 4) is 0 Å². The predicted octanol–water partition coefficient (Wildman–Crippen LogP) is 2.57. The molecule has 1 aromatic heterocycles. The zero-order valence-corrected chi connectivity index (χ0v) is 7.40. The van der Waals surface area contributed by atoms with Gasteiger partial charge in [-0.05, 0) is 24.8 Å². The minimum Gasteiger partial charge on any atom is -0.338 e. The van der Waals surface area contributed by atoms with Gasteiger partial charge in [0, 0.05) is 5.56 Å². The molecule has 0 amide bonds. The lowest BCUT2D eigenvalue weighted by Crippen LogP contribution is -2.05. The maximum atomic E-state index is 4.27. The van der Waals surface area contributed by atoms with E-state index in [-0.39, 0.29) is 0 Å². The SMILES string of the molecule is Cc1csc2c1C(C)N=CN2. The Balaban J connectivity index is 2.54. The molecule has 58 valence electrons. The van der Waals surface area contributed by atoms with Crippen molar-refractivity contribution < 1.29 is 0 Å². The third kappa shape index (κ3) is 0.959. The first-order valence-corrected chi connectivity index (χ1v) is 4.53. The average molecular weight is 166 g/mol. The summed E-state index contributed by atoms with van der Waals surface area (Å²) in [7, 11) is 0. The van der Waals surface area contributed by atoms with Gasteiger partial charge in [0.2, 0.25) is 0 Å². The van der Waals surface area contributed by atoms with Crippen LogP contribution in [-0.2, 0) is 0 Å². The molecule has 1 aromatic rings. The number of anilines is 1. The van der Waals surface area contributed by atoms with Crippen LogP contribution in [0, 0.1) is 6.92 Å². The molecule has 2 rings (SSSR count). The highest BCUT2D eigenvalue weighted by Crippen LogP contribution is 2.35. The fraction of sp³-hybridized carbons (Fsp3) is 0.375. The second-order valence-corrected chi connectivity index (χ2v) is 3.64. The number of aliphatic imine (C=N–C) groups is 1. The minimum atomic E-state index is 0.331. The van der Waals surface area contributed by atoms with Gasteiger partial charge in [-0.15, -0.1) is 11.3 Å². The largest absolute Gasteiger partial charge is 0.338 e. The van der Waals surface area contributed by atoms with Crippen LogP contribution in [0.2, 0.25) is 0 Å². The van der Waals surface area contributed by atoms with E-state index in [0.717, 1.165) is 0 Å². The molecular weight excluding hydrogens is 156 g/mol. The lowest BCUT2D eigenvalue weighted by Gasteiger charge is -2.14. The van der Waals surface area contributed by atoms with Crippen molar-refractivity contribution >= 4 is 22.7 Å². The number of rotatable bonds is 0. The van der Waals surface area contributed by atoms with Crippen molar-refractivity contribution in [1.29, 1.82) is 0 Å². The number of nitrogens with zero attached hydrogens (tertiary/aromatic N) is 1. The fourth-order valence-corrected chi connectivity index (χ4v) is 2.37. The van der Waals surface area contributed by atoms with Crippen LogP contribution in [0.4, 0.5) is 5.00 Å². The van der Waals surface area contributed by atoms with E-state index >= 15 is 0 Å². The highest BCUT2D eigenvalue weighted by atomic mass is 32.1. The molecule has 1 atom stereocenters. The van der Waals surface area contributed by atoms with E-state index < -0.39 is 0 Å². The quantitative estimate of drug-likeness (QED) is 0.629. The van der Waals surface area contributed by atoms with Crippen molar-refractivity contribution in [2.45, 2.75) is 19.9 Å². The Kier molecular flexibility index (Phi) is 1.46. The van der Waals surface area contributed by atoms with Crippen molar-refractivity contribution in [1.82, 2.24) is 0 Å². The zero-order chi connectivity index (χ0) is 7.84. The molecule has 0 radical (unpaired) electrons. The van der Waals surface area contributed by atoms with Gasteiger partial charge in [-0.25, -0.2) is 0 Å². The number of fused-ring (bicyclic) bond motifs is 1. The maximum Gasteiger partial charge on any atom is 0.0990 e.